The zero-order valence-electron chi connectivity index (χ0n) is 10.1. The number of benzene rings is 1. The number of rotatable bonds is 1. The number of hydrogen-bond acceptors (Lipinski definition) is 2. The number of anilines is 1. The molecule has 0 aliphatic carbocycles. The summed E-state index contributed by atoms with van der Waals surface area (Å²) in [5.41, 5.74) is 1.43. The summed E-state index contributed by atoms with van der Waals surface area (Å²) in [5.74, 6) is 2.53. The second-order valence-electron chi connectivity index (χ2n) is 4.37. The predicted octanol–water partition coefficient (Wildman–Crippen LogP) is 1.66. The van der Waals surface area contributed by atoms with Crippen LogP contribution in [0.4, 0.5) is 10.5 Å². The van der Waals surface area contributed by atoms with Crippen molar-refractivity contribution < 1.29 is 9.90 Å². The predicted molar refractivity (Wildman–Crippen MR) is 70.2 cm³/mol. The highest BCUT2D eigenvalue weighted by Gasteiger charge is 2.21. The van der Waals surface area contributed by atoms with Gasteiger partial charge in [-0.25, -0.2) is 4.79 Å². The lowest BCUT2D eigenvalue weighted by Crippen LogP contribution is -2.42. The van der Waals surface area contributed by atoms with E-state index in [4.69, 9.17) is 6.42 Å². The first kappa shape index (κ1) is 12.5. The van der Waals surface area contributed by atoms with E-state index >= 15 is 0 Å². The van der Waals surface area contributed by atoms with E-state index in [1.54, 1.807) is 17.0 Å². The fourth-order valence-corrected chi connectivity index (χ4v) is 1.96. The summed E-state index contributed by atoms with van der Waals surface area (Å²) in [6, 6.07) is 7.04. The zero-order chi connectivity index (χ0) is 13.0. The van der Waals surface area contributed by atoms with Gasteiger partial charge in [0.1, 0.15) is 0 Å². The minimum atomic E-state index is -0.279. The van der Waals surface area contributed by atoms with Crippen LogP contribution in [-0.2, 0) is 0 Å². The molecule has 0 spiro atoms. The van der Waals surface area contributed by atoms with Crippen molar-refractivity contribution in [1.82, 2.24) is 4.90 Å². The highest BCUT2D eigenvalue weighted by molar-refractivity contribution is 5.89. The normalized spacial score (nSPS) is 16.1. The summed E-state index contributed by atoms with van der Waals surface area (Å²) < 4.78 is 0. The molecule has 1 saturated heterocycles. The van der Waals surface area contributed by atoms with Crippen LogP contribution < -0.4 is 5.32 Å². The second-order valence-corrected chi connectivity index (χ2v) is 4.37. The van der Waals surface area contributed by atoms with E-state index in [9.17, 15) is 9.90 Å². The molecule has 0 unspecified atom stereocenters. The molecule has 0 atom stereocenters. The van der Waals surface area contributed by atoms with Gasteiger partial charge >= 0.3 is 6.03 Å². The van der Waals surface area contributed by atoms with E-state index in [2.05, 4.69) is 11.2 Å². The minimum absolute atomic E-state index is 0.143. The van der Waals surface area contributed by atoms with Gasteiger partial charge in [0.05, 0.1) is 6.10 Å². The molecule has 0 aromatic heterocycles. The number of nitrogens with zero attached hydrogens (tertiary/aromatic N) is 1. The van der Waals surface area contributed by atoms with Gasteiger partial charge in [0.15, 0.2) is 0 Å². The molecule has 4 nitrogen and oxygen atoms in total. The van der Waals surface area contributed by atoms with Gasteiger partial charge < -0.3 is 15.3 Å². The Labute approximate surface area is 107 Å². The second kappa shape index (κ2) is 5.56. The summed E-state index contributed by atoms with van der Waals surface area (Å²) in [7, 11) is 0. The van der Waals surface area contributed by atoms with Gasteiger partial charge in [-0.1, -0.05) is 12.0 Å². The average molecular weight is 244 g/mol. The summed E-state index contributed by atoms with van der Waals surface area (Å²) in [5, 5.41) is 12.2. The van der Waals surface area contributed by atoms with Crippen LogP contribution >= 0.6 is 0 Å². The third-order valence-corrected chi connectivity index (χ3v) is 3.03. The Kier molecular flexibility index (Phi) is 3.85. The van der Waals surface area contributed by atoms with E-state index in [1.807, 2.05) is 12.1 Å². The summed E-state index contributed by atoms with van der Waals surface area (Å²) in [4.78, 5) is 13.7. The molecule has 1 aromatic rings. The first-order valence-electron chi connectivity index (χ1n) is 5.99. The lowest BCUT2D eigenvalue weighted by molar-refractivity contribution is 0.0972. The fraction of sp³-hybridized carbons (Fsp3) is 0.357. The molecular weight excluding hydrogens is 228 g/mol. The van der Waals surface area contributed by atoms with Crippen molar-refractivity contribution in [2.75, 3.05) is 18.4 Å². The van der Waals surface area contributed by atoms with Crippen molar-refractivity contribution >= 4 is 11.7 Å². The molecule has 1 aromatic carbocycles. The molecule has 0 saturated carbocycles. The summed E-state index contributed by atoms with van der Waals surface area (Å²) in [6.45, 7) is 1.17. The Morgan fingerprint density at radius 2 is 2.17 bits per heavy atom. The Morgan fingerprint density at radius 3 is 2.83 bits per heavy atom. The first-order chi connectivity index (χ1) is 8.69. The van der Waals surface area contributed by atoms with Crippen LogP contribution in [0, 0.1) is 12.3 Å². The molecule has 94 valence electrons. The van der Waals surface area contributed by atoms with Crippen molar-refractivity contribution in [2.24, 2.45) is 0 Å². The maximum Gasteiger partial charge on any atom is 0.321 e. The largest absolute Gasteiger partial charge is 0.393 e. The number of aliphatic hydroxyl groups excluding tert-OH is 1. The molecule has 2 amide bonds. The topological polar surface area (TPSA) is 52.6 Å². The third kappa shape index (κ3) is 3.02. The van der Waals surface area contributed by atoms with Crippen molar-refractivity contribution in [1.29, 1.82) is 0 Å². The smallest absolute Gasteiger partial charge is 0.321 e. The number of aliphatic hydroxyl groups is 1. The number of piperidine rings is 1. The third-order valence-electron chi connectivity index (χ3n) is 3.03. The molecule has 1 aliphatic rings. The van der Waals surface area contributed by atoms with Crippen LogP contribution in [0.1, 0.15) is 18.4 Å². The number of amides is 2. The SMILES string of the molecule is C#Cc1cccc(NC(=O)N2CCC(O)CC2)c1. The maximum absolute atomic E-state index is 12.0. The molecule has 2 N–H and O–H groups in total. The van der Waals surface area contributed by atoms with Crippen LogP contribution in [0.25, 0.3) is 0 Å². The van der Waals surface area contributed by atoms with Crippen LogP contribution in [0.5, 0.6) is 0 Å². The van der Waals surface area contributed by atoms with Gasteiger partial charge in [0.2, 0.25) is 0 Å². The zero-order valence-corrected chi connectivity index (χ0v) is 10.1. The van der Waals surface area contributed by atoms with Crippen LogP contribution in [0.3, 0.4) is 0 Å². The number of nitrogens with one attached hydrogen (secondary N) is 1. The van der Waals surface area contributed by atoms with Crippen LogP contribution in [-0.4, -0.2) is 35.2 Å². The monoisotopic (exact) mass is 244 g/mol. The lowest BCUT2D eigenvalue weighted by Gasteiger charge is -2.29. The standard InChI is InChI=1S/C14H16N2O2/c1-2-11-4-3-5-12(10-11)15-14(18)16-8-6-13(17)7-9-16/h1,3-5,10,13,17H,6-9H2,(H,15,18). The molecule has 0 bridgehead atoms. The van der Waals surface area contributed by atoms with Crippen molar-refractivity contribution in [3.05, 3.63) is 29.8 Å². The fourth-order valence-electron chi connectivity index (χ4n) is 1.96. The van der Waals surface area contributed by atoms with E-state index in [0.29, 0.717) is 31.6 Å². The Morgan fingerprint density at radius 1 is 1.44 bits per heavy atom. The quantitative estimate of drug-likeness (QED) is 0.738. The molecule has 1 fully saturated rings. The number of likely N-dealkylation sites (tertiary alicyclic amines) is 1. The van der Waals surface area contributed by atoms with Gasteiger partial charge in [-0.3, -0.25) is 0 Å². The van der Waals surface area contributed by atoms with Crippen molar-refractivity contribution in [3.8, 4) is 12.3 Å². The van der Waals surface area contributed by atoms with E-state index in [-0.39, 0.29) is 12.1 Å². The van der Waals surface area contributed by atoms with Crippen molar-refractivity contribution in [3.63, 3.8) is 0 Å². The average Bonchev–Trinajstić information content (AvgIpc) is 2.39. The molecule has 1 heterocycles. The number of terminal acetylenes is 1. The Hall–Kier alpha value is -1.99. The first-order valence-corrected chi connectivity index (χ1v) is 5.99. The number of carbonyl (C=O) groups is 1. The molecular formula is C14H16N2O2. The van der Waals surface area contributed by atoms with Gasteiger partial charge in [0, 0.05) is 24.3 Å². The van der Waals surface area contributed by atoms with Gasteiger partial charge in [-0.2, -0.15) is 0 Å². The Bertz CT molecular complexity index is 471. The lowest BCUT2D eigenvalue weighted by atomic mass is 10.1. The van der Waals surface area contributed by atoms with Gasteiger partial charge in [-0.05, 0) is 31.0 Å². The van der Waals surface area contributed by atoms with Crippen LogP contribution in [0.15, 0.2) is 24.3 Å². The summed E-state index contributed by atoms with van der Waals surface area (Å²) >= 11 is 0. The molecule has 2 rings (SSSR count). The molecule has 1 aliphatic heterocycles. The summed E-state index contributed by atoms with van der Waals surface area (Å²) in [6.07, 6.45) is 6.30. The van der Waals surface area contributed by atoms with Gasteiger partial charge in [0.25, 0.3) is 0 Å². The Balaban J connectivity index is 1.96. The number of urea groups is 1. The van der Waals surface area contributed by atoms with E-state index in [0.717, 1.165) is 5.56 Å². The van der Waals surface area contributed by atoms with Crippen LogP contribution in [0.2, 0.25) is 0 Å². The maximum atomic E-state index is 12.0. The highest BCUT2D eigenvalue weighted by atomic mass is 16.3. The van der Waals surface area contributed by atoms with Gasteiger partial charge in [-0.15, -0.1) is 6.42 Å². The van der Waals surface area contributed by atoms with E-state index in [1.165, 1.54) is 0 Å². The number of hydrogen-bond donors (Lipinski definition) is 2. The molecule has 4 heteroatoms. The minimum Gasteiger partial charge on any atom is -0.393 e. The van der Waals surface area contributed by atoms with E-state index < -0.39 is 0 Å². The van der Waals surface area contributed by atoms with Crippen molar-refractivity contribution in [2.45, 2.75) is 18.9 Å². The highest BCUT2D eigenvalue weighted by Crippen LogP contribution is 2.14. The molecule has 18 heavy (non-hydrogen) atoms. The number of carbonyl (C=O) groups excluding carboxylic acids is 1. The molecule has 0 radical (unpaired) electrons.